The first kappa shape index (κ1) is 17.1. The monoisotopic (exact) mass is 331 g/mol. The molecule has 0 atom stereocenters. The molecule has 5 heteroatoms. The summed E-state index contributed by atoms with van der Waals surface area (Å²) in [6, 6.07) is 13.9. The van der Waals surface area contributed by atoms with Crippen LogP contribution in [0, 0.1) is 6.92 Å². The van der Waals surface area contributed by atoms with Gasteiger partial charge in [0.25, 0.3) is 10.0 Å². The fourth-order valence-electron chi connectivity index (χ4n) is 2.25. The zero-order chi connectivity index (χ0) is 16.9. The van der Waals surface area contributed by atoms with Gasteiger partial charge in [0, 0.05) is 5.56 Å². The number of sulfonamides is 1. The van der Waals surface area contributed by atoms with Crippen LogP contribution >= 0.6 is 0 Å². The van der Waals surface area contributed by atoms with E-state index in [2.05, 4.69) is 11.6 Å². The Morgan fingerprint density at radius 3 is 2.43 bits per heavy atom. The molecule has 0 radical (unpaired) electrons. The second kappa shape index (κ2) is 7.33. The first-order valence-corrected chi connectivity index (χ1v) is 8.99. The summed E-state index contributed by atoms with van der Waals surface area (Å²) < 4.78 is 26.8. The smallest absolute Gasteiger partial charge is 0.261 e. The summed E-state index contributed by atoms with van der Waals surface area (Å²) in [5.74, 6) is -0.0928. The largest absolute Gasteiger partial charge is 0.506 e. The molecule has 0 aliphatic carbocycles. The molecule has 0 spiro atoms. The van der Waals surface area contributed by atoms with E-state index in [0.717, 1.165) is 30.2 Å². The maximum absolute atomic E-state index is 12.2. The Kier molecular flexibility index (Phi) is 5.45. The van der Waals surface area contributed by atoms with Crippen molar-refractivity contribution in [3.63, 3.8) is 0 Å². The molecule has 0 fully saturated rings. The number of benzene rings is 2. The number of nitrogens with one attached hydrogen (secondary N) is 1. The molecule has 0 saturated heterocycles. The number of aliphatic hydroxyl groups excluding tert-OH is 1. The lowest BCUT2D eigenvalue weighted by Gasteiger charge is -2.09. The van der Waals surface area contributed by atoms with Gasteiger partial charge in [-0.3, -0.25) is 4.72 Å². The normalized spacial score (nSPS) is 12.2. The first-order valence-electron chi connectivity index (χ1n) is 7.50. The Balaban J connectivity index is 2.23. The van der Waals surface area contributed by atoms with Crippen molar-refractivity contribution in [1.29, 1.82) is 0 Å². The Morgan fingerprint density at radius 1 is 1.13 bits per heavy atom. The van der Waals surface area contributed by atoms with Crippen LogP contribution in [0.2, 0.25) is 0 Å². The molecular weight excluding hydrogens is 310 g/mol. The second-order valence-electron chi connectivity index (χ2n) is 5.37. The molecule has 122 valence electrons. The number of hydrogen-bond donors (Lipinski definition) is 2. The molecule has 4 nitrogen and oxygen atoms in total. The van der Waals surface area contributed by atoms with E-state index in [4.69, 9.17) is 0 Å². The minimum absolute atomic E-state index is 0.0928. The van der Waals surface area contributed by atoms with Gasteiger partial charge in [0.05, 0.1) is 11.1 Å². The number of hydrogen-bond acceptors (Lipinski definition) is 3. The van der Waals surface area contributed by atoms with Crippen LogP contribution in [0.3, 0.4) is 0 Å². The summed E-state index contributed by atoms with van der Waals surface area (Å²) >= 11 is 0. The third kappa shape index (κ3) is 4.36. The highest BCUT2D eigenvalue weighted by molar-refractivity contribution is 7.89. The van der Waals surface area contributed by atoms with Gasteiger partial charge in [-0.25, -0.2) is 8.42 Å². The van der Waals surface area contributed by atoms with Crippen LogP contribution < -0.4 is 4.72 Å². The zero-order valence-corrected chi connectivity index (χ0v) is 14.1. The van der Waals surface area contributed by atoms with Crippen molar-refractivity contribution in [3.05, 3.63) is 71.4 Å². The van der Waals surface area contributed by atoms with Crippen molar-refractivity contribution in [1.82, 2.24) is 4.72 Å². The average Bonchev–Trinajstić information content (AvgIpc) is 2.54. The summed E-state index contributed by atoms with van der Waals surface area (Å²) in [4.78, 5) is 0.161. The Bertz CT molecular complexity index is 793. The molecule has 0 aliphatic rings. The van der Waals surface area contributed by atoms with Crippen LogP contribution in [0.4, 0.5) is 0 Å². The van der Waals surface area contributed by atoms with Crippen LogP contribution in [-0.4, -0.2) is 13.5 Å². The molecule has 2 rings (SSSR count). The topological polar surface area (TPSA) is 66.4 Å². The van der Waals surface area contributed by atoms with Crippen molar-refractivity contribution in [3.8, 4) is 0 Å². The molecule has 0 aromatic heterocycles. The Labute approximate surface area is 137 Å². The van der Waals surface area contributed by atoms with E-state index in [-0.39, 0.29) is 10.7 Å². The summed E-state index contributed by atoms with van der Waals surface area (Å²) in [6.07, 6.45) is 2.89. The summed E-state index contributed by atoms with van der Waals surface area (Å²) in [7, 11) is -3.69. The standard InChI is InChI=1S/C18H21NO3S/c1-3-6-15-7-4-5-8-17(15)18(20)13-19-23(21,22)16-11-9-14(2)10-12-16/h4-5,7-13,19-20H,3,6H2,1-2H3/b18-13-. The molecule has 0 saturated carbocycles. The maximum Gasteiger partial charge on any atom is 0.261 e. The van der Waals surface area contributed by atoms with Gasteiger partial charge in [-0.1, -0.05) is 55.3 Å². The minimum Gasteiger partial charge on any atom is -0.506 e. The van der Waals surface area contributed by atoms with Crippen molar-refractivity contribution in [2.75, 3.05) is 0 Å². The predicted octanol–water partition coefficient (Wildman–Crippen LogP) is 3.78. The van der Waals surface area contributed by atoms with Gasteiger partial charge < -0.3 is 5.11 Å². The highest BCUT2D eigenvalue weighted by atomic mass is 32.2. The van der Waals surface area contributed by atoms with E-state index in [1.807, 2.05) is 25.1 Å². The quantitative estimate of drug-likeness (QED) is 0.792. The molecule has 2 aromatic carbocycles. The van der Waals surface area contributed by atoms with Gasteiger partial charge >= 0.3 is 0 Å². The number of rotatable bonds is 6. The van der Waals surface area contributed by atoms with Crippen molar-refractivity contribution in [2.24, 2.45) is 0 Å². The molecule has 0 heterocycles. The Hall–Kier alpha value is -2.27. The third-order valence-corrected chi connectivity index (χ3v) is 4.82. The van der Waals surface area contributed by atoms with E-state index in [9.17, 15) is 13.5 Å². The van der Waals surface area contributed by atoms with Gasteiger partial charge in [-0.2, -0.15) is 0 Å². The summed E-state index contributed by atoms with van der Waals surface area (Å²) in [6.45, 7) is 3.94. The molecule has 0 amide bonds. The lowest BCUT2D eigenvalue weighted by molar-refractivity contribution is 0.507. The average molecular weight is 331 g/mol. The maximum atomic E-state index is 12.2. The number of aryl methyl sites for hydroxylation is 2. The lowest BCUT2D eigenvalue weighted by atomic mass is 10.0. The molecular formula is C18H21NO3S. The van der Waals surface area contributed by atoms with Crippen LogP contribution in [0.15, 0.2) is 59.6 Å². The van der Waals surface area contributed by atoms with E-state index in [1.54, 1.807) is 18.2 Å². The minimum atomic E-state index is -3.69. The molecule has 23 heavy (non-hydrogen) atoms. The summed E-state index contributed by atoms with van der Waals surface area (Å²) in [5.41, 5.74) is 2.61. The van der Waals surface area contributed by atoms with E-state index in [0.29, 0.717) is 5.56 Å². The van der Waals surface area contributed by atoms with Crippen LogP contribution in [0.25, 0.3) is 5.76 Å². The van der Waals surface area contributed by atoms with Gasteiger partial charge in [-0.05, 0) is 31.0 Å². The highest BCUT2D eigenvalue weighted by Crippen LogP contribution is 2.18. The zero-order valence-electron chi connectivity index (χ0n) is 13.3. The van der Waals surface area contributed by atoms with Gasteiger partial charge in [0.15, 0.2) is 0 Å². The fraction of sp³-hybridized carbons (Fsp3) is 0.222. The van der Waals surface area contributed by atoms with E-state index < -0.39 is 10.0 Å². The first-order chi connectivity index (χ1) is 10.9. The Morgan fingerprint density at radius 2 is 1.78 bits per heavy atom. The molecule has 0 aliphatic heterocycles. The van der Waals surface area contributed by atoms with Gasteiger partial charge in [0.2, 0.25) is 0 Å². The van der Waals surface area contributed by atoms with E-state index in [1.165, 1.54) is 12.1 Å². The lowest BCUT2D eigenvalue weighted by Crippen LogP contribution is -2.18. The van der Waals surface area contributed by atoms with Crippen LogP contribution in [0.5, 0.6) is 0 Å². The predicted molar refractivity (Wildman–Crippen MR) is 92.5 cm³/mol. The van der Waals surface area contributed by atoms with Crippen molar-refractivity contribution >= 4 is 15.8 Å². The van der Waals surface area contributed by atoms with Crippen molar-refractivity contribution < 1.29 is 13.5 Å². The van der Waals surface area contributed by atoms with Gasteiger partial charge in [-0.15, -0.1) is 0 Å². The SMILES string of the molecule is CCCc1ccccc1/C(O)=C/NS(=O)(=O)c1ccc(C)cc1. The molecule has 2 aromatic rings. The highest BCUT2D eigenvalue weighted by Gasteiger charge is 2.13. The fourth-order valence-corrected chi connectivity index (χ4v) is 3.15. The third-order valence-electron chi connectivity index (χ3n) is 3.49. The molecule has 2 N–H and O–H groups in total. The number of aliphatic hydroxyl groups is 1. The van der Waals surface area contributed by atoms with Crippen molar-refractivity contribution in [2.45, 2.75) is 31.6 Å². The second-order valence-corrected chi connectivity index (χ2v) is 7.09. The molecule has 0 bridgehead atoms. The summed E-state index contributed by atoms with van der Waals surface area (Å²) in [5, 5.41) is 10.2. The van der Waals surface area contributed by atoms with Crippen LogP contribution in [0.1, 0.15) is 30.0 Å². The van der Waals surface area contributed by atoms with Gasteiger partial charge in [0.1, 0.15) is 5.76 Å². The van der Waals surface area contributed by atoms with Crippen LogP contribution in [-0.2, 0) is 16.4 Å². The van der Waals surface area contributed by atoms with E-state index >= 15 is 0 Å². The molecule has 0 unspecified atom stereocenters.